The number of carbonyl (C=O) groups excluding carboxylic acids is 2. The Morgan fingerprint density at radius 2 is 1.65 bits per heavy atom. The van der Waals surface area contributed by atoms with Crippen LogP contribution in [0.25, 0.3) is 0 Å². The van der Waals surface area contributed by atoms with Crippen LogP contribution in [0.2, 0.25) is 0 Å². The van der Waals surface area contributed by atoms with Gasteiger partial charge in [-0.2, -0.15) is 0 Å². The summed E-state index contributed by atoms with van der Waals surface area (Å²) < 4.78 is 40.6. The molecule has 0 unspecified atom stereocenters. The highest BCUT2D eigenvalue weighted by Gasteiger charge is 2.43. The fourth-order valence-corrected chi connectivity index (χ4v) is 3.61. The highest BCUT2D eigenvalue weighted by atomic mass is 19.1. The smallest absolute Gasteiger partial charge is 0.328 e. The van der Waals surface area contributed by atoms with Crippen molar-refractivity contribution in [3.8, 4) is 23.0 Å². The van der Waals surface area contributed by atoms with Crippen molar-refractivity contribution in [1.29, 1.82) is 0 Å². The van der Waals surface area contributed by atoms with Gasteiger partial charge in [-0.05, 0) is 24.3 Å². The summed E-state index contributed by atoms with van der Waals surface area (Å²) in [6.07, 6.45) is -0.446. The molecular formula is C22H24FNO7. The van der Waals surface area contributed by atoms with Gasteiger partial charge in [0.05, 0.1) is 40.5 Å². The monoisotopic (exact) mass is 433 g/mol. The summed E-state index contributed by atoms with van der Waals surface area (Å²) in [6, 6.07) is 8.17. The highest BCUT2D eigenvalue weighted by Crippen LogP contribution is 2.41. The van der Waals surface area contributed by atoms with E-state index in [0.29, 0.717) is 5.75 Å². The number of amides is 1. The van der Waals surface area contributed by atoms with Gasteiger partial charge in [0.2, 0.25) is 5.75 Å². The van der Waals surface area contributed by atoms with Crippen molar-refractivity contribution in [3.63, 3.8) is 0 Å². The van der Waals surface area contributed by atoms with Crippen LogP contribution < -0.4 is 18.9 Å². The number of hydrogen-bond acceptors (Lipinski definition) is 7. The van der Waals surface area contributed by atoms with Gasteiger partial charge >= 0.3 is 5.97 Å². The molecule has 9 heteroatoms. The number of benzene rings is 2. The number of methoxy groups -OCH3 is 4. The first-order valence-corrected chi connectivity index (χ1v) is 9.54. The molecule has 1 aliphatic heterocycles. The van der Waals surface area contributed by atoms with Crippen LogP contribution in [0, 0.1) is 5.82 Å². The number of halogens is 1. The minimum Gasteiger partial charge on any atom is -0.493 e. The summed E-state index contributed by atoms with van der Waals surface area (Å²) in [4.78, 5) is 27.1. The summed E-state index contributed by atoms with van der Waals surface area (Å²) in [7, 11) is 5.55. The van der Waals surface area contributed by atoms with E-state index in [1.54, 1.807) is 18.2 Å². The van der Waals surface area contributed by atoms with E-state index in [1.807, 2.05) is 0 Å². The van der Waals surface area contributed by atoms with E-state index in [1.165, 1.54) is 51.5 Å². The van der Waals surface area contributed by atoms with Gasteiger partial charge in [-0.15, -0.1) is 0 Å². The minimum absolute atomic E-state index is 0.0501. The lowest BCUT2D eigenvalue weighted by Crippen LogP contribution is -2.41. The van der Waals surface area contributed by atoms with Gasteiger partial charge in [-0.3, -0.25) is 4.79 Å². The van der Waals surface area contributed by atoms with Gasteiger partial charge in [0, 0.05) is 6.42 Å². The molecule has 0 spiro atoms. The largest absolute Gasteiger partial charge is 0.493 e. The zero-order valence-corrected chi connectivity index (χ0v) is 17.7. The average molecular weight is 433 g/mol. The Balaban J connectivity index is 1.93. The molecule has 0 saturated carbocycles. The second kappa shape index (κ2) is 9.55. The Hall–Kier alpha value is -3.49. The molecule has 0 bridgehead atoms. The number of likely N-dealkylation sites (tertiary alicyclic amines) is 1. The number of carbonyl (C=O) groups is 2. The molecule has 1 aliphatic rings. The van der Waals surface area contributed by atoms with Crippen molar-refractivity contribution in [2.75, 3.05) is 35.0 Å². The first-order chi connectivity index (χ1) is 14.9. The molecule has 1 saturated heterocycles. The fourth-order valence-electron chi connectivity index (χ4n) is 3.61. The molecule has 0 aromatic heterocycles. The Morgan fingerprint density at radius 1 is 0.935 bits per heavy atom. The third kappa shape index (κ3) is 4.35. The molecule has 2 atom stereocenters. The quantitative estimate of drug-likeness (QED) is 0.621. The number of esters is 1. The third-order valence-corrected chi connectivity index (χ3v) is 5.06. The Kier molecular flexibility index (Phi) is 6.84. The molecule has 1 fully saturated rings. The van der Waals surface area contributed by atoms with Crippen LogP contribution in [0.1, 0.15) is 16.8 Å². The molecule has 8 nitrogen and oxygen atoms in total. The number of hydrogen-bond donors (Lipinski definition) is 0. The Bertz CT molecular complexity index is 965. The number of ether oxygens (including phenoxy) is 5. The van der Waals surface area contributed by atoms with Gasteiger partial charge in [-0.1, -0.05) is 12.1 Å². The van der Waals surface area contributed by atoms with E-state index in [2.05, 4.69) is 0 Å². The second-order valence-corrected chi connectivity index (χ2v) is 6.78. The van der Waals surface area contributed by atoms with E-state index in [0.717, 1.165) is 0 Å². The number of rotatable bonds is 7. The lowest BCUT2D eigenvalue weighted by Gasteiger charge is -2.24. The Morgan fingerprint density at radius 3 is 2.26 bits per heavy atom. The minimum atomic E-state index is -0.896. The van der Waals surface area contributed by atoms with Crippen molar-refractivity contribution in [2.45, 2.75) is 18.6 Å². The van der Waals surface area contributed by atoms with E-state index in [-0.39, 0.29) is 35.8 Å². The maximum absolute atomic E-state index is 14.0. The average Bonchev–Trinajstić information content (AvgIpc) is 3.22. The van der Waals surface area contributed by atoms with E-state index >= 15 is 0 Å². The molecule has 2 aromatic carbocycles. The zero-order chi connectivity index (χ0) is 22.5. The zero-order valence-electron chi connectivity index (χ0n) is 17.7. The van der Waals surface area contributed by atoms with Crippen LogP contribution in [0.15, 0.2) is 36.4 Å². The Labute approximate surface area is 179 Å². The molecule has 1 amide bonds. The second-order valence-electron chi connectivity index (χ2n) is 6.78. The third-order valence-electron chi connectivity index (χ3n) is 5.06. The van der Waals surface area contributed by atoms with Crippen molar-refractivity contribution in [3.05, 3.63) is 47.8 Å². The first-order valence-electron chi connectivity index (χ1n) is 9.54. The molecule has 0 N–H and O–H groups in total. The van der Waals surface area contributed by atoms with Gasteiger partial charge in [-0.25, -0.2) is 9.18 Å². The van der Waals surface area contributed by atoms with E-state index < -0.39 is 29.8 Å². The van der Waals surface area contributed by atoms with Crippen LogP contribution >= 0.6 is 0 Å². The van der Waals surface area contributed by atoms with Crippen LogP contribution in [0.5, 0.6) is 23.0 Å². The SMILES string of the molecule is COC(=O)[C@@H]1C[C@H](Oc2ccccc2F)CN1C(=O)c1ccc(OC)c(OC)c1OC. The summed E-state index contributed by atoms with van der Waals surface area (Å²) >= 11 is 0. The standard InChI is InChI=1S/C22H24FNO7/c1-27-18-10-9-14(19(28-2)20(18)29-3)21(25)24-12-13(11-16(24)22(26)30-4)31-17-8-6-5-7-15(17)23/h5-10,13,16H,11-12H2,1-4H3/t13-,16-/m0/s1. The summed E-state index contributed by atoms with van der Waals surface area (Å²) in [5.41, 5.74) is 0.181. The van der Waals surface area contributed by atoms with Crippen LogP contribution in [0.3, 0.4) is 0 Å². The summed E-state index contributed by atoms with van der Waals surface area (Å²) in [6.45, 7) is 0.0600. The molecular weight excluding hydrogens is 409 g/mol. The van der Waals surface area contributed by atoms with Gasteiger partial charge in [0.25, 0.3) is 5.91 Å². The topological polar surface area (TPSA) is 83.5 Å². The predicted octanol–water partition coefficient (Wildman–Crippen LogP) is 2.69. The molecule has 0 aliphatic carbocycles. The molecule has 1 heterocycles. The van der Waals surface area contributed by atoms with Crippen molar-refractivity contribution >= 4 is 11.9 Å². The number of para-hydroxylation sites is 1. The molecule has 166 valence electrons. The van der Waals surface area contributed by atoms with Gasteiger partial charge in [0.1, 0.15) is 12.1 Å². The van der Waals surface area contributed by atoms with E-state index in [4.69, 9.17) is 23.7 Å². The van der Waals surface area contributed by atoms with Gasteiger partial charge in [0.15, 0.2) is 23.1 Å². The first kappa shape index (κ1) is 22.2. The molecule has 3 rings (SSSR count). The molecule has 2 aromatic rings. The van der Waals surface area contributed by atoms with E-state index in [9.17, 15) is 14.0 Å². The number of nitrogens with zero attached hydrogens (tertiary/aromatic N) is 1. The van der Waals surface area contributed by atoms with Crippen LogP contribution in [-0.2, 0) is 9.53 Å². The lowest BCUT2D eigenvalue weighted by molar-refractivity contribution is -0.145. The highest BCUT2D eigenvalue weighted by molar-refractivity contribution is 6.00. The summed E-state index contributed by atoms with van der Waals surface area (Å²) in [5, 5.41) is 0. The lowest BCUT2D eigenvalue weighted by atomic mass is 10.1. The molecule has 31 heavy (non-hydrogen) atoms. The van der Waals surface area contributed by atoms with Crippen LogP contribution in [-0.4, -0.2) is 63.9 Å². The fraction of sp³-hybridized carbons (Fsp3) is 0.364. The maximum atomic E-state index is 14.0. The van der Waals surface area contributed by atoms with Crippen molar-refractivity contribution in [1.82, 2.24) is 4.90 Å². The predicted molar refractivity (Wildman–Crippen MR) is 108 cm³/mol. The van der Waals surface area contributed by atoms with Gasteiger partial charge < -0.3 is 28.6 Å². The summed E-state index contributed by atoms with van der Waals surface area (Å²) in [5.74, 6) is -0.724. The van der Waals surface area contributed by atoms with Crippen molar-refractivity contribution in [2.24, 2.45) is 0 Å². The normalized spacial score (nSPS) is 17.8. The van der Waals surface area contributed by atoms with Crippen LogP contribution in [0.4, 0.5) is 4.39 Å². The van der Waals surface area contributed by atoms with Crippen molar-refractivity contribution < 1.29 is 37.7 Å². The molecule has 0 radical (unpaired) electrons. The maximum Gasteiger partial charge on any atom is 0.328 e.